The second kappa shape index (κ2) is 19.5. The molecule has 2 aliphatic carbocycles. The first-order valence-electron chi connectivity index (χ1n) is 30.3. The van der Waals surface area contributed by atoms with Gasteiger partial charge in [0, 0.05) is 67.8 Å². The minimum absolute atomic E-state index is 0.480. The minimum Gasteiger partial charge on any atom is -0.456 e. The highest BCUT2D eigenvalue weighted by atomic mass is 16.3. The standard InChI is InChI=1S/C84H54N2O2/c1-5-21-57(22-6-1)83(75-33-17-13-29-67(75)68-30-14-18-34-76(68)83)59-37-41-63(42-38-59)85(61-25-9-3-10-26-61)65-45-47-71-73-49-55-52-80-74(50-56(55)51-79(73)87-81(71)53-65)72-48-46-66(54-82(72)88-80)86(62-27-11-4-12-28-62)64-43-39-60(40-44-64)84(58-23-7-2-8-24-58)77-35-19-15-31-69(77)70-32-16-20-36-78(70)84/h1-54H. The zero-order chi connectivity index (χ0) is 57.9. The van der Waals surface area contributed by atoms with E-state index in [2.05, 4.69) is 337 Å². The van der Waals surface area contributed by atoms with Crippen LogP contribution in [0.5, 0.6) is 0 Å². The Kier molecular flexibility index (Phi) is 11.1. The first-order chi connectivity index (χ1) is 43.6. The third-order valence-corrected chi connectivity index (χ3v) is 19.0. The van der Waals surface area contributed by atoms with Crippen LogP contribution in [0.2, 0.25) is 0 Å². The Morgan fingerprint density at radius 1 is 0.205 bits per heavy atom. The van der Waals surface area contributed by atoms with E-state index in [1.165, 1.54) is 66.8 Å². The van der Waals surface area contributed by atoms with Crippen molar-refractivity contribution in [2.24, 2.45) is 0 Å². The van der Waals surface area contributed by atoms with Crippen LogP contribution in [-0.4, -0.2) is 0 Å². The van der Waals surface area contributed by atoms with Crippen LogP contribution in [0.1, 0.15) is 44.5 Å². The van der Waals surface area contributed by atoms with Gasteiger partial charge >= 0.3 is 0 Å². The number of furan rings is 2. The van der Waals surface area contributed by atoms with Crippen LogP contribution in [0.3, 0.4) is 0 Å². The summed E-state index contributed by atoms with van der Waals surface area (Å²) >= 11 is 0. The molecule has 0 aliphatic heterocycles. The molecule has 4 nitrogen and oxygen atoms in total. The molecule has 0 spiro atoms. The van der Waals surface area contributed by atoms with Crippen molar-refractivity contribution < 1.29 is 8.83 Å². The molecule has 0 unspecified atom stereocenters. The molecule has 0 amide bonds. The molecule has 2 heterocycles. The summed E-state index contributed by atoms with van der Waals surface area (Å²) in [6.45, 7) is 0. The van der Waals surface area contributed by atoms with Crippen LogP contribution < -0.4 is 9.80 Å². The molecule has 2 aliphatic rings. The molecule has 0 saturated carbocycles. The van der Waals surface area contributed by atoms with Gasteiger partial charge in [0.15, 0.2) is 0 Å². The van der Waals surface area contributed by atoms with E-state index in [9.17, 15) is 0 Å². The van der Waals surface area contributed by atoms with Crippen molar-refractivity contribution in [2.45, 2.75) is 10.8 Å². The SMILES string of the molecule is c1ccc(N(c2ccc(C3(c4ccccc4)c4ccccc4-c4ccccc43)cc2)c2ccc3c(c2)oc2cc4cc5c(cc4cc23)oc2cc(N(c3ccccc3)c3ccc(C4(c6ccccc6)c6ccccc6-c6ccccc64)cc3)ccc25)cc1. The second-order valence-corrected chi connectivity index (χ2v) is 23.5. The van der Waals surface area contributed by atoms with E-state index in [0.29, 0.717) is 0 Å². The second-order valence-electron chi connectivity index (χ2n) is 23.5. The van der Waals surface area contributed by atoms with Gasteiger partial charge < -0.3 is 18.6 Å². The number of rotatable bonds is 10. The van der Waals surface area contributed by atoms with Crippen molar-refractivity contribution in [2.75, 3.05) is 9.80 Å². The van der Waals surface area contributed by atoms with Gasteiger partial charge in [0.05, 0.1) is 10.8 Å². The molecule has 0 atom stereocenters. The number of fused-ring (bicyclic) bond motifs is 13. The molecule has 412 valence electrons. The maximum atomic E-state index is 6.89. The number of para-hydroxylation sites is 2. The third kappa shape index (κ3) is 7.33. The summed E-state index contributed by atoms with van der Waals surface area (Å²) in [5.74, 6) is 0. The van der Waals surface area contributed by atoms with Crippen molar-refractivity contribution in [3.63, 3.8) is 0 Å². The molecule has 2 aromatic heterocycles. The van der Waals surface area contributed by atoms with E-state index in [0.717, 1.165) is 88.8 Å². The van der Waals surface area contributed by atoms with Crippen LogP contribution in [0.25, 0.3) is 76.9 Å². The Balaban J connectivity index is 0.699. The monoisotopic (exact) mass is 1120 g/mol. The Morgan fingerprint density at radius 2 is 0.477 bits per heavy atom. The van der Waals surface area contributed by atoms with Gasteiger partial charge in [-0.2, -0.15) is 0 Å². The van der Waals surface area contributed by atoms with Gasteiger partial charge in [-0.25, -0.2) is 0 Å². The lowest BCUT2D eigenvalue weighted by Crippen LogP contribution is -2.28. The average molecular weight is 1120 g/mol. The lowest BCUT2D eigenvalue weighted by molar-refractivity contribution is 0.668. The maximum Gasteiger partial charge on any atom is 0.137 e. The van der Waals surface area contributed by atoms with Crippen LogP contribution in [0, 0.1) is 0 Å². The van der Waals surface area contributed by atoms with Gasteiger partial charge in [-0.3, -0.25) is 0 Å². The van der Waals surface area contributed by atoms with Gasteiger partial charge in [0.1, 0.15) is 22.3 Å². The fourth-order valence-corrected chi connectivity index (χ4v) is 15.2. The van der Waals surface area contributed by atoms with E-state index in [-0.39, 0.29) is 0 Å². The van der Waals surface area contributed by atoms with Crippen LogP contribution in [-0.2, 0) is 10.8 Å². The van der Waals surface area contributed by atoms with E-state index in [4.69, 9.17) is 8.83 Å². The fourth-order valence-electron chi connectivity index (χ4n) is 15.2. The first-order valence-corrected chi connectivity index (χ1v) is 30.3. The van der Waals surface area contributed by atoms with Crippen LogP contribution in [0.15, 0.2) is 336 Å². The highest BCUT2D eigenvalue weighted by Crippen LogP contribution is 2.58. The summed E-state index contributed by atoms with van der Waals surface area (Å²) in [5, 5.41) is 6.42. The van der Waals surface area contributed by atoms with E-state index in [1.54, 1.807) is 0 Å². The third-order valence-electron chi connectivity index (χ3n) is 19.0. The lowest BCUT2D eigenvalue weighted by atomic mass is 9.68. The molecule has 4 heteroatoms. The normalized spacial score (nSPS) is 13.4. The molecule has 0 N–H and O–H groups in total. The van der Waals surface area contributed by atoms with Gasteiger partial charge in [-0.05, 0) is 175 Å². The quantitative estimate of drug-likeness (QED) is 0.137. The molecule has 88 heavy (non-hydrogen) atoms. The largest absolute Gasteiger partial charge is 0.456 e. The number of hydrogen-bond donors (Lipinski definition) is 0. The van der Waals surface area contributed by atoms with Crippen LogP contribution >= 0.6 is 0 Å². The highest BCUT2D eigenvalue weighted by molar-refractivity contribution is 6.16. The number of anilines is 6. The predicted octanol–water partition coefficient (Wildman–Crippen LogP) is 22.3. The molecule has 14 aromatic carbocycles. The fraction of sp³-hybridized carbons (Fsp3) is 0.0238. The van der Waals surface area contributed by atoms with Crippen molar-refractivity contribution in [3.05, 3.63) is 372 Å². The van der Waals surface area contributed by atoms with Gasteiger partial charge in [0.2, 0.25) is 0 Å². The van der Waals surface area contributed by atoms with Crippen LogP contribution in [0.4, 0.5) is 34.1 Å². The zero-order valence-electron chi connectivity index (χ0n) is 47.9. The molecule has 0 radical (unpaired) electrons. The summed E-state index contributed by atoms with van der Waals surface area (Å²) in [7, 11) is 0. The summed E-state index contributed by atoms with van der Waals surface area (Å²) in [4.78, 5) is 4.66. The minimum atomic E-state index is -0.480. The molecule has 18 rings (SSSR count). The summed E-state index contributed by atoms with van der Waals surface area (Å²) in [6, 6.07) is 119. The highest BCUT2D eigenvalue weighted by Gasteiger charge is 2.47. The Morgan fingerprint density at radius 3 is 0.830 bits per heavy atom. The maximum absolute atomic E-state index is 6.89. The predicted molar refractivity (Wildman–Crippen MR) is 362 cm³/mol. The number of benzene rings is 14. The van der Waals surface area contributed by atoms with Crippen molar-refractivity contribution in [1.82, 2.24) is 0 Å². The molecule has 16 aromatic rings. The Bertz CT molecular complexity index is 4950. The summed E-state index contributed by atoms with van der Waals surface area (Å²) in [6.07, 6.45) is 0. The number of nitrogens with zero attached hydrogens (tertiary/aromatic N) is 2. The van der Waals surface area contributed by atoms with Gasteiger partial charge in [-0.1, -0.05) is 218 Å². The molecule has 0 saturated heterocycles. The van der Waals surface area contributed by atoms with Crippen molar-refractivity contribution >= 4 is 88.8 Å². The lowest BCUT2D eigenvalue weighted by Gasteiger charge is -2.34. The van der Waals surface area contributed by atoms with E-state index in [1.807, 2.05) is 0 Å². The smallest absolute Gasteiger partial charge is 0.137 e. The van der Waals surface area contributed by atoms with E-state index >= 15 is 0 Å². The Hall–Kier alpha value is -11.5. The first kappa shape index (κ1) is 49.9. The molecular formula is C84H54N2O2. The topological polar surface area (TPSA) is 32.8 Å². The average Bonchev–Trinajstić information content (AvgIpc) is 1.82. The Labute approximate surface area is 509 Å². The van der Waals surface area contributed by atoms with Crippen molar-refractivity contribution in [3.8, 4) is 22.3 Å². The molecular weight excluding hydrogens is 1070 g/mol. The van der Waals surface area contributed by atoms with E-state index < -0.39 is 10.8 Å². The summed E-state index contributed by atoms with van der Waals surface area (Å²) in [5.41, 5.74) is 23.9. The zero-order valence-corrected chi connectivity index (χ0v) is 47.9. The van der Waals surface area contributed by atoms with Crippen molar-refractivity contribution in [1.29, 1.82) is 0 Å². The van der Waals surface area contributed by atoms with Gasteiger partial charge in [0.25, 0.3) is 0 Å². The molecule has 0 fully saturated rings. The number of hydrogen-bond acceptors (Lipinski definition) is 4. The van der Waals surface area contributed by atoms with Gasteiger partial charge in [-0.15, -0.1) is 0 Å². The summed E-state index contributed by atoms with van der Waals surface area (Å²) < 4.78 is 13.8. The molecule has 0 bridgehead atoms.